The Balaban J connectivity index is 2.43. The largest absolute Gasteiger partial charge is 0.493 e. The van der Waals surface area contributed by atoms with E-state index in [-0.39, 0.29) is 5.41 Å². The SMILES string of the molecule is CCCNC1CCCOc2c(C)cc(C(C)(C)C)cc21. The van der Waals surface area contributed by atoms with Crippen molar-refractivity contribution >= 4 is 0 Å². The molecule has 0 bridgehead atoms. The number of benzene rings is 1. The number of nitrogens with one attached hydrogen (secondary N) is 1. The van der Waals surface area contributed by atoms with Gasteiger partial charge >= 0.3 is 0 Å². The Morgan fingerprint density at radius 2 is 2.05 bits per heavy atom. The maximum atomic E-state index is 6.02. The maximum Gasteiger partial charge on any atom is 0.126 e. The van der Waals surface area contributed by atoms with Crippen molar-refractivity contribution in [2.45, 2.75) is 65.3 Å². The third-order valence-corrected chi connectivity index (χ3v) is 4.07. The van der Waals surface area contributed by atoms with Crippen LogP contribution in [0.1, 0.15) is 69.7 Å². The molecule has 0 aromatic heterocycles. The van der Waals surface area contributed by atoms with Crippen molar-refractivity contribution in [1.29, 1.82) is 0 Å². The van der Waals surface area contributed by atoms with Gasteiger partial charge in [0.05, 0.1) is 6.61 Å². The van der Waals surface area contributed by atoms with Gasteiger partial charge in [-0.25, -0.2) is 0 Å². The summed E-state index contributed by atoms with van der Waals surface area (Å²) in [6.07, 6.45) is 3.46. The van der Waals surface area contributed by atoms with Gasteiger partial charge in [-0.3, -0.25) is 0 Å². The molecule has 1 unspecified atom stereocenters. The lowest BCUT2D eigenvalue weighted by Crippen LogP contribution is -2.23. The second-order valence-electron chi connectivity index (χ2n) is 6.96. The van der Waals surface area contributed by atoms with Crippen molar-refractivity contribution in [2.24, 2.45) is 0 Å². The molecule has 1 atom stereocenters. The highest BCUT2D eigenvalue weighted by Gasteiger charge is 2.24. The van der Waals surface area contributed by atoms with Gasteiger partial charge in [0, 0.05) is 11.6 Å². The number of ether oxygens (including phenoxy) is 1. The van der Waals surface area contributed by atoms with Crippen molar-refractivity contribution in [3.8, 4) is 5.75 Å². The highest BCUT2D eigenvalue weighted by atomic mass is 16.5. The predicted octanol–water partition coefficient (Wildman–Crippen LogP) is 4.51. The minimum absolute atomic E-state index is 0.182. The molecule has 0 radical (unpaired) electrons. The van der Waals surface area contributed by atoms with E-state index < -0.39 is 0 Å². The van der Waals surface area contributed by atoms with Gasteiger partial charge in [-0.1, -0.05) is 33.8 Å². The van der Waals surface area contributed by atoms with Gasteiger partial charge in [0.1, 0.15) is 5.75 Å². The van der Waals surface area contributed by atoms with E-state index in [2.05, 4.69) is 52.1 Å². The minimum atomic E-state index is 0.182. The first-order valence-electron chi connectivity index (χ1n) is 7.94. The molecule has 1 aromatic carbocycles. The molecule has 2 heteroatoms. The van der Waals surface area contributed by atoms with Gasteiger partial charge < -0.3 is 10.1 Å². The zero-order valence-electron chi connectivity index (χ0n) is 13.7. The van der Waals surface area contributed by atoms with Gasteiger partial charge in [-0.2, -0.15) is 0 Å². The summed E-state index contributed by atoms with van der Waals surface area (Å²) in [7, 11) is 0. The quantitative estimate of drug-likeness (QED) is 0.876. The molecule has 0 fully saturated rings. The second kappa shape index (κ2) is 6.17. The van der Waals surface area contributed by atoms with E-state index in [0.717, 1.165) is 25.3 Å². The number of hydrogen-bond donors (Lipinski definition) is 1. The van der Waals surface area contributed by atoms with Crippen LogP contribution in [0.15, 0.2) is 12.1 Å². The van der Waals surface area contributed by atoms with Gasteiger partial charge in [0.2, 0.25) is 0 Å². The van der Waals surface area contributed by atoms with Crippen LogP contribution in [0.2, 0.25) is 0 Å². The molecular weight excluding hydrogens is 246 g/mol. The van der Waals surface area contributed by atoms with Gasteiger partial charge in [-0.15, -0.1) is 0 Å². The van der Waals surface area contributed by atoms with Crippen LogP contribution in [0, 0.1) is 6.92 Å². The van der Waals surface area contributed by atoms with Crippen LogP contribution >= 0.6 is 0 Å². The summed E-state index contributed by atoms with van der Waals surface area (Å²) in [4.78, 5) is 0. The van der Waals surface area contributed by atoms with Crippen LogP contribution < -0.4 is 10.1 Å². The highest BCUT2D eigenvalue weighted by Crippen LogP contribution is 2.38. The molecule has 0 saturated carbocycles. The Hall–Kier alpha value is -1.02. The van der Waals surface area contributed by atoms with E-state index in [9.17, 15) is 0 Å². The van der Waals surface area contributed by atoms with Crippen LogP contribution in [-0.2, 0) is 5.41 Å². The lowest BCUT2D eigenvalue weighted by molar-refractivity contribution is 0.313. The second-order valence-corrected chi connectivity index (χ2v) is 6.96. The fraction of sp³-hybridized carbons (Fsp3) is 0.667. The zero-order chi connectivity index (χ0) is 14.8. The van der Waals surface area contributed by atoms with E-state index in [1.54, 1.807) is 0 Å². The molecule has 1 aliphatic heterocycles. The molecule has 2 rings (SSSR count). The first-order valence-corrected chi connectivity index (χ1v) is 7.94. The van der Waals surface area contributed by atoms with Crippen LogP contribution in [0.4, 0.5) is 0 Å². The van der Waals surface area contributed by atoms with Crippen LogP contribution in [0.3, 0.4) is 0 Å². The third-order valence-electron chi connectivity index (χ3n) is 4.07. The number of aryl methyl sites for hydroxylation is 1. The summed E-state index contributed by atoms with van der Waals surface area (Å²) in [6.45, 7) is 13.1. The summed E-state index contributed by atoms with van der Waals surface area (Å²) >= 11 is 0. The molecular formula is C18H29NO. The summed E-state index contributed by atoms with van der Waals surface area (Å²) in [5.41, 5.74) is 4.22. The van der Waals surface area contributed by atoms with Crippen molar-refractivity contribution in [3.05, 3.63) is 28.8 Å². The smallest absolute Gasteiger partial charge is 0.126 e. The van der Waals surface area contributed by atoms with E-state index in [4.69, 9.17) is 4.74 Å². The molecule has 112 valence electrons. The van der Waals surface area contributed by atoms with Gasteiger partial charge in [-0.05, 0) is 55.3 Å². The Morgan fingerprint density at radius 3 is 2.70 bits per heavy atom. The third kappa shape index (κ3) is 3.35. The summed E-state index contributed by atoms with van der Waals surface area (Å²) in [6, 6.07) is 5.09. The summed E-state index contributed by atoms with van der Waals surface area (Å²) in [5, 5.41) is 3.69. The summed E-state index contributed by atoms with van der Waals surface area (Å²) in [5.74, 6) is 1.11. The Kier molecular flexibility index (Phi) is 4.74. The molecule has 0 spiro atoms. The molecule has 1 aromatic rings. The van der Waals surface area contributed by atoms with Crippen LogP contribution in [-0.4, -0.2) is 13.2 Å². The standard InChI is InChI=1S/C18H29NO/c1-6-9-19-16-8-7-10-20-17-13(2)11-14(12-15(16)17)18(3,4)5/h11-12,16,19H,6-10H2,1-5H3. The van der Waals surface area contributed by atoms with Crippen LogP contribution in [0.5, 0.6) is 5.75 Å². The van der Waals surface area contributed by atoms with Gasteiger partial charge in [0.15, 0.2) is 0 Å². The van der Waals surface area contributed by atoms with Crippen molar-refractivity contribution in [1.82, 2.24) is 5.32 Å². The first kappa shape index (κ1) is 15.4. The fourth-order valence-corrected chi connectivity index (χ4v) is 2.84. The maximum absolute atomic E-state index is 6.02. The molecule has 0 saturated heterocycles. The van der Waals surface area contributed by atoms with Crippen molar-refractivity contribution < 1.29 is 4.74 Å². The fourth-order valence-electron chi connectivity index (χ4n) is 2.84. The molecule has 1 aliphatic rings. The van der Waals surface area contributed by atoms with Crippen molar-refractivity contribution in [3.63, 3.8) is 0 Å². The van der Waals surface area contributed by atoms with E-state index in [0.29, 0.717) is 6.04 Å². The number of hydrogen-bond acceptors (Lipinski definition) is 2. The average molecular weight is 275 g/mol. The lowest BCUT2D eigenvalue weighted by Gasteiger charge is -2.25. The molecule has 20 heavy (non-hydrogen) atoms. The molecule has 1 heterocycles. The van der Waals surface area contributed by atoms with E-state index in [1.807, 2.05) is 0 Å². The highest BCUT2D eigenvalue weighted by molar-refractivity contribution is 5.48. The van der Waals surface area contributed by atoms with Crippen molar-refractivity contribution in [2.75, 3.05) is 13.2 Å². The predicted molar refractivity (Wildman–Crippen MR) is 85.6 cm³/mol. The molecule has 0 amide bonds. The number of rotatable bonds is 3. The topological polar surface area (TPSA) is 21.3 Å². The minimum Gasteiger partial charge on any atom is -0.493 e. The Morgan fingerprint density at radius 1 is 1.30 bits per heavy atom. The molecule has 2 nitrogen and oxygen atoms in total. The summed E-state index contributed by atoms with van der Waals surface area (Å²) < 4.78 is 6.02. The van der Waals surface area contributed by atoms with Crippen LogP contribution in [0.25, 0.3) is 0 Å². The molecule has 0 aliphatic carbocycles. The lowest BCUT2D eigenvalue weighted by atomic mass is 9.83. The average Bonchev–Trinajstić information content (AvgIpc) is 2.58. The molecule has 1 N–H and O–H groups in total. The zero-order valence-corrected chi connectivity index (χ0v) is 13.7. The normalized spacial score (nSPS) is 19.1. The number of fused-ring (bicyclic) bond motifs is 1. The Labute approximate surface area is 123 Å². The van der Waals surface area contributed by atoms with E-state index >= 15 is 0 Å². The van der Waals surface area contributed by atoms with Gasteiger partial charge in [0.25, 0.3) is 0 Å². The monoisotopic (exact) mass is 275 g/mol. The first-order chi connectivity index (χ1) is 9.43. The Bertz CT molecular complexity index is 459. The van der Waals surface area contributed by atoms with E-state index in [1.165, 1.54) is 29.5 Å².